The molecule has 1 saturated heterocycles. The highest BCUT2D eigenvalue weighted by molar-refractivity contribution is 5.93. The second-order valence-electron chi connectivity index (χ2n) is 6.01. The zero-order valence-electron chi connectivity index (χ0n) is 16.1. The number of ether oxygens (including phenoxy) is 3. The Kier molecular flexibility index (Phi) is 8.51. The van der Waals surface area contributed by atoms with Gasteiger partial charge in [-0.25, -0.2) is 4.79 Å². The van der Waals surface area contributed by atoms with Gasteiger partial charge in [-0.1, -0.05) is 18.2 Å². The molecule has 2 rings (SSSR count). The van der Waals surface area contributed by atoms with E-state index >= 15 is 0 Å². The molecule has 1 heterocycles. The third-order valence-electron chi connectivity index (χ3n) is 4.00. The molecule has 154 valence electrons. The standard InChI is InChI=1S/C20H23N3O6/c1-2-27-20(26)15(13-21)14-23-9-8-22-19(25)17(23)12-18(24)29-11-10-28-16-6-4-3-5-7-16/h3-7,14,17H,2,8-12H2,1H3,(H,22,25)/b15-14+. The Morgan fingerprint density at radius 2 is 2.03 bits per heavy atom. The van der Waals surface area contributed by atoms with Crippen molar-refractivity contribution in [1.82, 2.24) is 10.2 Å². The first kappa shape index (κ1) is 21.8. The van der Waals surface area contributed by atoms with E-state index in [1.807, 2.05) is 18.2 Å². The summed E-state index contributed by atoms with van der Waals surface area (Å²) in [6, 6.07) is 9.97. The van der Waals surface area contributed by atoms with Gasteiger partial charge in [0.2, 0.25) is 5.91 Å². The van der Waals surface area contributed by atoms with E-state index in [0.29, 0.717) is 18.8 Å². The number of carbonyl (C=O) groups excluding carboxylic acids is 3. The van der Waals surface area contributed by atoms with Gasteiger partial charge in [-0.05, 0) is 19.1 Å². The lowest BCUT2D eigenvalue weighted by Gasteiger charge is -2.33. The lowest BCUT2D eigenvalue weighted by molar-refractivity contribution is -0.148. The summed E-state index contributed by atoms with van der Waals surface area (Å²) in [7, 11) is 0. The lowest BCUT2D eigenvalue weighted by Crippen LogP contribution is -2.54. The maximum atomic E-state index is 12.2. The van der Waals surface area contributed by atoms with Crippen molar-refractivity contribution < 1.29 is 28.6 Å². The van der Waals surface area contributed by atoms with Gasteiger partial charge in [0.25, 0.3) is 0 Å². The zero-order chi connectivity index (χ0) is 21.1. The van der Waals surface area contributed by atoms with Crippen LogP contribution >= 0.6 is 0 Å². The second-order valence-corrected chi connectivity index (χ2v) is 6.01. The smallest absolute Gasteiger partial charge is 0.350 e. The molecule has 0 saturated carbocycles. The van der Waals surface area contributed by atoms with E-state index in [0.717, 1.165) is 0 Å². The van der Waals surface area contributed by atoms with Crippen LogP contribution in [0, 0.1) is 11.3 Å². The van der Waals surface area contributed by atoms with Crippen LogP contribution in [0.5, 0.6) is 5.75 Å². The van der Waals surface area contributed by atoms with E-state index in [2.05, 4.69) is 5.32 Å². The van der Waals surface area contributed by atoms with Crippen LogP contribution < -0.4 is 10.1 Å². The molecule has 9 nitrogen and oxygen atoms in total. The van der Waals surface area contributed by atoms with Gasteiger partial charge in [-0.2, -0.15) is 5.26 Å². The summed E-state index contributed by atoms with van der Waals surface area (Å²) in [6.45, 7) is 2.63. The predicted octanol–water partition coefficient (Wildman–Crippen LogP) is 0.770. The quantitative estimate of drug-likeness (QED) is 0.279. The molecule has 1 fully saturated rings. The molecule has 0 aromatic heterocycles. The number of nitriles is 1. The van der Waals surface area contributed by atoms with Crippen molar-refractivity contribution in [2.75, 3.05) is 32.9 Å². The van der Waals surface area contributed by atoms with Crippen LogP contribution in [0.3, 0.4) is 0 Å². The summed E-state index contributed by atoms with van der Waals surface area (Å²) in [4.78, 5) is 37.6. The number of nitrogens with one attached hydrogen (secondary N) is 1. The fourth-order valence-corrected chi connectivity index (χ4v) is 2.65. The van der Waals surface area contributed by atoms with Crippen LogP contribution in [-0.4, -0.2) is 61.7 Å². The Hall–Kier alpha value is -3.54. The van der Waals surface area contributed by atoms with Gasteiger partial charge in [0.15, 0.2) is 5.57 Å². The number of hydrogen-bond acceptors (Lipinski definition) is 8. The van der Waals surface area contributed by atoms with Crippen molar-refractivity contribution >= 4 is 17.8 Å². The summed E-state index contributed by atoms with van der Waals surface area (Å²) in [5.41, 5.74) is -0.240. The highest BCUT2D eigenvalue weighted by Gasteiger charge is 2.31. The number of benzene rings is 1. The average Bonchev–Trinajstić information content (AvgIpc) is 2.72. The summed E-state index contributed by atoms with van der Waals surface area (Å²) in [5, 5.41) is 11.8. The minimum Gasteiger partial charge on any atom is -0.490 e. The molecule has 1 unspecified atom stereocenters. The van der Waals surface area contributed by atoms with Crippen LogP contribution in [0.25, 0.3) is 0 Å². The molecule has 1 aliphatic rings. The summed E-state index contributed by atoms with van der Waals surface area (Å²) >= 11 is 0. The van der Waals surface area contributed by atoms with E-state index in [1.54, 1.807) is 25.1 Å². The molecule has 0 aliphatic carbocycles. The second kappa shape index (κ2) is 11.3. The van der Waals surface area contributed by atoms with Crippen molar-refractivity contribution in [2.45, 2.75) is 19.4 Å². The molecule has 1 atom stereocenters. The number of amides is 1. The summed E-state index contributed by atoms with van der Waals surface area (Å²) < 4.78 is 15.4. The molecule has 1 aromatic rings. The van der Waals surface area contributed by atoms with Crippen LogP contribution in [0.4, 0.5) is 0 Å². The minimum atomic E-state index is -0.885. The van der Waals surface area contributed by atoms with Crippen LogP contribution in [0.1, 0.15) is 13.3 Å². The highest BCUT2D eigenvalue weighted by atomic mass is 16.6. The van der Waals surface area contributed by atoms with Gasteiger partial charge in [-0.15, -0.1) is 0 Å². The number of esters is 2. The largest absolute Gasteiger partial charge is 0.490 e. The molecule has 0 bridgehead atoms. The van der Waals surface area contributed by atoms with Crippen LogP contribution in [0.2, 0.25) is 0 Å². The van der Waals surface area contributed by atoms with E-state index in [9.17, 15) is 19.6 Å². The number of carbonyl (C=O) groups is 3. The maximum Gasteiger partial charge on any atom is 0.350 e. The molecule has 1 N–H and O–H groups in total. The number of rotatable bonds is 9. The maximum absolute atomic E-state index is 12.2. The first-order valence-corrected chi connectivity index (χ1v) is 9.21. The topological polar surface area (TPSA) is 118 Å². The monoisotopic (exact) mass is 401 g/mol. The van der Waals surface area contributed by atoms with Crippen LogP contribution in [-0.2, 0) is 23.9 Å². The van der Waals surface area contributed by atoms with Gasteiger partial charge < -0.3 is 24.4 Å². The van der Waals surface area contributed by atoms with Gasteiger partial charge in [0.1, 0.15) is 31.1 Å². The minimum absolute atomic E-state index is 0.0319. The Morgan fingerprint density at radius 1 is 1.28 bits per heavy atom. The molecular formula is C20H23N3O6. The molecule has 0 radical (unpaired) electrons. The first-order chi connectivity index (χ1) is 14.0. The Labute approximate surface area is 168 Å². The normalized spacial score (nSPS) is 16.4. The van der Waals surface area contributed by atoms with Gasteiger partial charge >= 0.3 is 11.9 Å². The van der Waals surface area contributed by atoms with E-state index < -0.39 is 18.0 Å². The molecule has 9 heteroatoms. The Morgan fingerprint density at radius 3 is 2.72 bits per heavy atom. The third-order valence-corrected chi connectivity index (χ3v) is 4.00. The fraction of sp³-hybridized carbons (Fsp3) is 0.400. The van der Waals surface area contributed by atoms with Crippen molar-refractivity contribution in [2.24, 2.45) is 0 Å². The SMILES string of the molecule is CCOC(=O)/C(C#N)=C/N1CCNC(=O)C1CC(=O)OCCOc1ccccc1. The fourth-order valence-electron chi connectivity index (χ4n) is 2.65. The molecular weight excluding hydrogens is 378 g/mol. The van der Waals surface area contributed by atoms with E-state index in [-0.39, 0.29) is 37.7 Å². The number of para-hydroxylation sites is 1. The molecule has 0 spiro atoms. The Balaban J connectivity index is 1.91. The van der Waals surface area contributed by atoms with Gasteiger partial charge in [0, 0.05) is 19.3 Å². The zero-order valence-corrected chi connectivity index (χ0v) is 16.1. The van der Waals surface area contributed by atoms with Crippen LogP contribution in [0.15, 0.2) is 42.1 Å². The van der Waals surface area contributed by atoms with Gasteiger partial charge in [0.05, 0.1) is 13.0 Å². The van der Waals surface area contributed by atoms with Crippen molar-refractivity contribution in [3.63, 3.8) is 0 Å². The third kappa shape index (κ3) is 6.84. The number of piperazine rings is 1. The highest BCUT2D eigenvalue weighted by Crippen LogP contribution is 2.13. The Bertz CT molecular complexity index is 787. The number of nitrogens with zero attached hydrogens (tertiary/aromatic N) is 2. The number of hydrogen-bond donors (Lipinski definition) is 1. The predicted molar refractivity (Wildman–Crippen MR) is 101 cm³/mol. The summed E-state index contributed by atoms with van der Waals surface area (Å²) in [5.74, 6) is -1.09. The van der Waals surface area contributed by atoms with Crippen molar-refractivity contribution in [1.29, 1.82) is 5.26 Å². The first-order valence-electron chi connectivity index (χ1n) is 9.21. The lowest BCUT2D eigenvalue weighted by atomic mass is 10.1. The van der Waals surface area contributed by atoms with E-state index in [1.165, 1.54) is 11.1 Å². The molecule has 1 amide bonds. The van der Waals surface area contributed by atoms with E-state index in [4.69, 9.17) is 14.2 Å². The summed E-state index contributed by atoms with van der Waals surface area (Å²) in [6.07, 6.45) is 1.03. The molecule has 1 aromatic carbocycles. The molecule has 29 heavy (non-hydrogen) atoms. The average molecular weight is 401 g/mol. The van der Waals surface area contributed by atoms with Crippen molar-refractivity contribution in [3.8, 4) is 11.8 Å². The van der Waals surface area contributed by atoms with Crippen molar-refractivity contribution in [3.05, 3.63) is 42.1 Å². The van der Waals surface area contributed by atoms with Gasteiger partial charge in [-0.3, -0.25) is 9.59 Å². The molecule has 1 aliphatic heterocycles.